The van der Waals surface area contributed by atoms with Crippen molar-refractivity contribution in [1.29, 1.82) is 0 Å². The van der Waals surface area contributed by atoms with Crippen LogP contribution in [0.5, 0.6) is 0 Å². The van der Waals surface area contributed by atoms with Gasteiger partial charge < -0.3 is 10.3 Å². The van der Waals surface area contributed by atoms with Gasteiger partial charge in [0.2, 0.25) is 0 Å². The van der Waals surface area contributed by atoms with Crippen molar-refractivity contribution in [2.24, 2.45) is 5.84 Å². The lowest BCUT2D eigenvalue weighted by atomic mass is 10.2. The molecule has 19 heavy (non-hydrogen) atoms. The molecule has 2 aromatic heterocycles. The lowest BCUT2D eigenvalue weighted by Crippen LogP contribution is -2.21. The fourth-order valence-corrected chi connectivity index (χ4v) is 2.72. The Labute approximate surface area is 116 Å². The number of anilines is 2. The van der Waals surface area contributed by atoms with Gasteiger partial charge in [0.1, 0.15) is 17.5 Å². The minimum absolute atomic E-state index is 0.662. The van der Waals surface area contributed by atoms with Crippen molar-refractivity contribution in [3.05, 3.63) is 27.5 Å². The molecule has 0 aromatic carbocycles. The Hall–Kier alpha value is -1.73. The van der Waals surface area contributed by atoms with Crippen LogP contribution in [0, 0.1) is 20.8 Å². The van der Waals surface area contributed by atoms with Crippen molar-refractivity contribution in [2.45, 2.75) is 27.3 Å². The minimum Gasteiger partial charge on any atom is -0.354 e. The number of aryl methyl sites for hydroxylation is 2. The quantitative estimate of drug-likeness (QED) is 0.655. The van der Waals surface area contributed by atoms with Gasteiger partial charge in [-0.15, -0.1) is 11.3 Å². The molecule has 2 rings (SSSR count). The lowest BCUT2D eigenvalue weighted by molar-refractivity contribution is 0.872. The maximum atomic E-state index is 5.48. The molecule has 0 unspecified atom stereocenters. The Balaban J connectivity index is 2.31. The average molecular weight is 278 g/mol. The van der Waals surface area contributed by atoms with Gasteiger partial charge in [0.25, 0.3) is 0 Å². The third-order valence-corrected chi connectivity index (χ3v) is 3.88. The smallest absolute Gasteiger partial charge is 0.148 e. The summed E-state index contributed by atoms with van der Waals surface area (Å²) >= 11 is 1.66. The average Bonchev–Trinajstić information content (AvgIpc) is 2.77. The van der Waals surface area contributed by atoms with Crippen LogP contribution in [-0.4, -0.2) is 22.0 Å². The van der Waals surface area contributed by atoms with E-state index in [0.29, 0.717) is 11.6 Å². The zero-order valence-corrected chi connectivity index (χ0v) is 12.4. The molecule has 0 saturated carbocycles. The van der Waals surface area contributed by atoms with Gasteiger partial charge >= 0.3 is 0 Å². The van der Waals surface area contributed by atoms with Crippen molar-refractivity contribution in [2.75, 3.05) is 17.4 Å². The molecule has 0 saturated heterocycles. The number of nitrogens with two attached hydrogens (primary N) is 1. The summed E-state index contributed by atoms with van der Waals surface area (Å²) in [7, 11) is 2.01. The third-order valence-electron chi connectivity index (χ3n) is 2.96. The first-order valence-corrected chi connectivity index (χ1v) is 6.82. The molecular formula is C12H18N6S. The third kappa shape index (κ3) is 2.82. The normalized spacial score (nSPS) is 10.6. The summed E-state index contributed by atoms with van der Waals surface area (Å²) in [4.78, 5) is 16.3. The van der Waals surface area contributed by atoms with Gasteiger partial charge in [0.05, 0.1) is 17.7 Å². The predicted molar refractivity (Wildman–Crippen MR) is 78.3 cm³/mol. The molecule has 3 N–H and O–H groups in total. The molecule has 2 heterocycles. The number of hydrazine groups is 1. The highest BCUT2D eigenvalue weighted by Gasteiger charge is 2.14. The van der Waals surface area contributed by atoms with Crippen LogP contribution in [0.25, 0.3) is 0 Å². The van der Waals surface area contributed by atoms with Crippen LogP contribution in [0.1, 0.15) is 22.0 Å². The van der Waals surface area contributed by atoms with E-state index in [1.54, 1.807) is 11.3 Å². The lowest BCUT2D eigenvalue weighted by Gasteiger charge is -2.21. The van der Waals surface area contributed by atoms with Gasteiger partial charge in [0.15, 0.2) is 0 Å². The number of hydrogen-bond donors (Lipinski definition) is 2. The van der Waals surface area contributed by atoms with Gasteiger partial charge in [0, 0.05) is 17.5 Å². The summed E-state index contributed by atoms with van der Waals surface area (Å²) in [6.07, 6.45) is 0. The van der Waals surface area contributed by atoms with Crippen molar-refractivity contribution >= 4 is 23.0 Å². The number of nitrogens with one attached hydrogen (secondary N) is 1. The molecule has 0 amide bonds. The van der Waals surface area contributed by atoms with Gasteiger partial charge in [-0.2, -0.15) is 0 Å². The minimum atomic E-state index is 0.662. The SMILES string of the molecule is Cc1nc(NN)c(C)c(N(C)Cc2scnc2C)n1. The molecular weight excluding hydrogens is 260 g/mol. The van der Waals surface area contributed by atoms with Gasteiger partial charge in [-0.25, -0.2) is 20.8 Å². The summed E-state index contributed by atoms with van der Waals surface area (Å²) in [5.74, 6) is 7.72. The van der Waals surface area contributed by atoms with E-state index in [4.69, 9.17) is 5.84 Å². The van der Waals surface area contributed by atoms with Crippen molar-refractivity contribution in [1.82, 2.24) is 15.0 Å². The van der Waals surface area contributed by atoms with Crippen LogP contribution in [0.2, 0.25) is 0 Å². The van der Waals surface area contributed by atoms with Crippen LogP contribution in [0.15, 0.2) is 5.51 Å². The molecule has 0 radical (unpaired) electrons. The zero-order valence-electron chi connectivity index (χ0n) is 11.6. The van der Waals surface area contributed by atoms with Crippen molar-refractivity contribution in [3.63, 3.8) is 0 Å². The number of rotatable bonds is 4. The van der Waals surface area contributed by atoms with Crippen molar-refractivity contribution < 1.29 is 0 Å². The van der Waals surface area contributed by atoms with Gasteiger partial charge in [-0.3, -0.25) is 0 Å². The summed E-state index contributed by atoms with van der Waals surface area (Å²) in [6, 6.07) is 0. The van der Waals surface area contributed by atoms with E-state index in [0.717, 1.165) is 23.6 Å². The number of hydrogen-bond acceptors (Lipinski definition) is 7. The molecule has 2 aromatic rings. The maximum Gasteiger partial charge on any atom is 0.148 e. The molecule has 0 aliphatic heterocycles. The van der Waals surface area contributed by atoms with Crippen LogP contribution in [0.3, 0.4) is 0 Å². The molecule has 0 bridgehead atoms. The molecule has 0 aliphatic rings. The second kappa shape index (κ2) is 5.50. The molecule has 102 valence electrons. The Kier molecular flexibility index (Phi) is 3.96. The van der Waals surface area contributed by atoms with Gasteiger partial charge in [-0.1, -0.05) is 0 Å². The van der Waals surface area contributed by atoms with Crippen LogP contribution in [-0.2, 0) is 6.54 Å². The zero-order chi connectivity index (χ0) is 14.0. The number of nitrogens with zero attached hydrogens (tertiary/aromatic N) is 4. The Morgan fingerprint density at radius 1 is 1.32 bits per heavy atom. The predicted octanol–water partition coefficient (Wildman–Crippen LogP) is 1.78. The summed E-state index contributed by atoms with van der Waals surface area (Å²) in [6.45, 7) is 6.61. The maximum absolute atomic E-state index is 5.48. The highest BCUT2D eigenvalue weighted by atomic mass is 32.1. The number of aromatic nitrogens is 3. The van der Waals surface area contributed by atoms with E-state index in [2.05, 4.69) is 25.3 Å². The standard InChI is InChI=1S/C12H18N6S/c1-7-11(17-13)15-9(3)16-12(7)18(4)5-10-8(2)14-6-19-10/h6H,5,13H2,1-4H3,(H,15,16,17). The van der Waals surface area contributed by atoms with E-state index < -0.39 is 0 Å². The summed E-state index contributed by atoms with van der Waals surface area (Å²) in [5, 5.41) is 0. The first-order chi connectivity index (χ1) is 9.02. The second-order valence-corrected chi connectivity index (χ2v) is 5.37. The van der Waals surface area contributed by atoms with Crippen LogP contribution >= 0.6 is 11.3 Å². The number of thiazole rings is 1. The topological polar surface area (TPSA) is 80.0 Å². The van der Waals surface area contributed by atoms with Gasteiger partial charge in [-0.05, 0) is 20.8 Å². The second-order valence-electron chi connectivity index (χ2n) is 4.43. The Bertz CT molecular complexity index is 580. The Morgan fingerprint density at radius 3 is 2.63 bits per heavy atom. The molecule has 6 nitrogen and oxygen atoms in total. The first kappa shape index (κ1) is 13.7. The fourth-order valence-electron chi connectivity index (χ4n) is 1.89. The highest BCUT2D eigenvalue weighted by molar-refractivity contribution is 7.09. The van der Waals surface area contributed by atoms with Crippen molar-refractivity contribution in [3.8, 4) is 0 Å². The van der Waals surface area contributed by atoms with E-state index in [-0.39, 0.29) is 0 Å². The Morgan fingerprint density at radius 2 is 2.05 bits per heavy atom. The van der Waals surface area contributed by atoms with Crippen LogP contribution in [0.4, 0.5) is 11.6 Å². The van der Waals surface area contributed by atoms with E-state index >= 15 is 0 Å². The van der Waals surface area contributed by atoms with E-state index in [9.17, 15) is 0 Å². The molecule has 0 fully saturated rings. The highest BCUT2D eigenvalue weighted by Crippen LogP contribution is 2.24. The molecule has 0 atom stereocenters. The molecule has 0 spiro atoms. The van der Waals surface area contributed by atoms with Crippen LogP contribution < -0.4 is 16.2 Å². The van der Waals surface area contributed by atoms with E-state index in [1.165, 1.54) is 4.88 Å². The number of nitrogen functional groups attached to an aromatic ring is 1. The monoisotopic (exact) mass is 278 g/mol. The molecule has 7 heteroatoms. The fraction of sp³-hybridized carbons (Fsp3) is 0.417. The van der Waals surface area contributed by atoms with E-state index in [1.807, 2.05) is 33.3 Å². The summed E-state index contributed by atoms with van der Waals surface area (Å²) < 4.78 is 0. The molecule has 0 aliphatic carbocycles. The largest absolute Gasteiger partial charge is 0.354 e. The first-order valence-electron chi connectivity index (χ1n) is 5.95. The summed E-state index contributed by atoms with van der Waals surface area (Å²) in [5.41, 5.74) is 6.49.